The van der Waals surface area contributed by atoms with Crippen LogP contribution in [-0.4, -0.2) is 30.1 Å². The van der Waals surface area contributed by atoms with E-state index in [0.717, 1.165) is 27.1 Å². The van der Waals surface area contributed by atoms with Crippen molar-refractivity contribution in [2.24, 2.45) is 0 Å². The third-order valence-electron chi connectivity index (χ3n) is 5.46. The molecule has 2 N–H and O–H groups in total. The molecule has 0 unspecified atom stereocenters. The first-order valence-electron chi connectivity index (χ1n) is 10.1. The molecular weight excluding hydrogens is 390 g/mol. The van der Waals surface area contributed by atoms with Gasteiger partial charge in [0, 0.05) is 6.42 Å². The summed E-state index contributed by atoms with van der Waals surface area (Å²) in [6, 6.07) is 25.7. The van der Waals surface area contributed by atoms with Crippen molar-refractivity contribution in [2.45, 2.75) is 18.6 Å². The lowest BCUT2D eigenvalue weighted by atomic mass is 9.92. The van der Waals surface area contributed by atoms with E-state index in [1.165, 1.54) is 7.11 Å². The standard InChI is InChI=1S/C26H23NO4/c1-31-26(30)23(27-25(29)24(28)17-9-3-2-4-10-17)16-22-20-13-7-5-11-18(20)15-19-12-6-8-14-21(19)22/h2-15,23-24,28H,16H2,1H3,(H,27,29)/t23-,24+/m1/s1. The van der Waals surface area contributed by atoms with Crippen molar-refractivity contribution >= 4 is 33.4 Å². The van der Waals surface area contributed by atoms with Crippen LogP contribution < -0.4 is 5.32 Å². The molecule has 5 nitrogen and oxygen atoms in total. The highest BCUT2D eigenvalue weighted by Gasteiger charge is 2.27. The van der Waals surface area contributed by atoms with Crippen molar-refractivity contribution in [3.8, 4) is 0 Å². The van der Waals surface area contributed by atoms with Gasteiger partial charge in [0.05, 0.1) is 7.11 Å². The van der Waals surface area contributed by atoms with Crippen molar-refractivity contribution in [1.29, 1.82) is 0 Å². The molecule has 1 amide bonds. The van der Waals surface area contributed by atoms with Crippen LogP contribution in [0.5, 0.6) is 0 Å². The lowest BCUT2D eigenvalue weighted by Crippen LogP contribution is -2.45. The zero-order valence-corrected chi connectivity index (χ0v) is 17.1. The average Bonchev–Trinajstić information content (AvgIpc) is 2.82. The molecule has 0 aliphatic rings. The SMILES string of the molecule is COC(=O)[C@@H](Cc1c2ccccc2cc2ccccc12)NC(=O)[C@@H](O)c1ccccc1. The van der Waals surface area contributed by atoms with Crippen LogP contribution >= 0.6 is 0 Å². The Balaban J connectivity index is 1.71. The lowest BCUT2D eigenvalue weighted by Gasteiger charge is -2.21. The van der Waals surface area contributed by atoms with Gasteiger partial charge in [0.15, 0.2) is 6.10 Å². The number of fused-ring (bicyclic) bond motifs is 2. The Bertz CT molecular complexity index is 1180. The molecule has 0 aliphatic heterocycles. The topological polar surface area (TPSA) is 75.6 Å². The number of rotatable bonds is 6. The molecule has 5 heteroatoms. The Kier molecular flexibility index (Phi) is 5.96. The van der Waals surface area contributed by atoms with Crippen LogP contribution in [0.25, 0.3) is 21.5 Å². The van der Waals surface area contributed by atoms with E-state index in [4.69, 9.17) is 4.74 Å². The minimum absolute atomic E-state index is 0.238. The van der Waals surface area contributed by atoms with Crippen molar-refractivity contribution in [2.75, 3.05) is 7.11 Å². The number of hydrogen-bond acceptors (Lipinski definition) is 4. The van der Waals surface area contributed by atoms with Crippen LogP contribution in [-0.2, 0) is 20.7 Å². The average molecular weight is 413 g/mol. The number of carbonyl (C=O) groups excluding carboxylic acids is 2. The minimum atomic E-state index is -1.38. The molecule has 4 rings (SSSR count). The van der Waals surface area contributed by atoms with E-state index in [1.807, 2.05) is 48.5 Å². The number of amides is 1. The molecule has 0 radical (unpaired) electrons. The first kappa shape index (κ1) is 20.6. The van der Waals surface area contributed by atoms with Gasteiger partial charge in [-0.1, -0.05) is 78.9 Å². The van der Waals surface area contributed by atoms with Crippen LogP contribution in [0.3, 0.4) is 0 Å². The largest absolute Gasteiger partial charge is 0.467 e. The van der Waals surface area contributed by atoms with Gasteiger partial charge in [-0.25, -0.2) is 4.79 Å². The van der Waals surface area contributed by atoms with Gasteiger partial charge in [0.1, 0.15) is 6.04 Å². The highest BCUT2D eigenvalue weighted by atomic mass is 16.5. The van der Waals surface area contributed by atoms with Crippen LogP contribution in [0.2, 0.25) is 0 Å². The predicted octanol–water partition coefficient (Wildman–Crippen LogP) is 3.93. The predicted molar refractivity (Wildman–Crippen MR) is 121 cm³/mol. The summed E-state index contributed by atoms with van der Waals surface area (Å²) in [5.41, 5.74) is 1.40. The Morgan fingerprint density at radius 3 is 2.00 bits per heavy atom. The molecule has 0 saturated heterocycles. The molecule has 4 aromatic rings. The fourth-order valence-corrected chi connectivity index (χ4v) is 3.90. The monoisotopic (exact) mass is 413 g/mol. The van der Waals surface area contributed by atoms with E-state index in [0.29, 0.717) is 5.56 Å². The lowest BCUT2D eigenvalue weighted by molar-refractivity contribution is -0.146. The quantitative estimate of drug-likeness (QED) is 0.371. The molecule has 0 fully saturated rings. The molecule has 0 saturated carbocycles. The molecule has 0 aromatic heterocycles. The maximum absolute atomic E-state index is 12.7. The van der Waals surface area contributed by atoms with Crippen molar-refractivity contribution in [3.05, 3.63) is 96.1 Å². The van der Waals surface area contributed by atoms with Crippen LogP contribution in [0.15, 0.2) is 84.9 Å². The van der Waals surface area contributed by atoms with Crippen molar-refractivity contribution < 1.29 is 19.4 Å². The molecule has 4 aromatic carbocycles. The number of methoxy groups -OCH3 is 1. The summed E-state index contributed by atoms with van der Waals surface area (Å²) >= 11 is 0. The smallest absolute Gasteiger partial charge is 0.328 e. The fraction of sp³-hybridized carbons (Fsp3) is 0.154. The highest BCUT2D eigenvalue weighted by Crippen LogP contribution is 2.29. The molecule has 0 bridgehead atoms. The summed E-state index contributed by atoms with van der Waals surface area (Å²) in [4.78, 5) is 25.3. The number of aliphatic hydroxyl groups excluding tert-OH is 1. The summed E-state index contributed by atoms with van der Waals surface area (Å²) in [5.74, 6) is -1.21. The number of carbonyl (C=O) groups is 2. The third kappa shape index (κ3) is 4.27. The normalized spacial score (nSPS) is 13.0. The molecule has 0 aliphatic carbocycles. The van der Waals surface area contributed by atoms with E-state index in [2.05, 4.69) is 11.4 Å². The number of aliphatic hydroxyl groups is 1. The number of ether oxygens (including phenoxy) is 1. The number of esters is 1. The summed E-state index contributed by atoms with van der Waals surface area (Å²) < 4.78 is 4.96. The van der Waals surface area contributed by atoms with Gasteiger partial charge in [-0.15, -0.1) is 0 Å². The van der Waals surface area contributed by atoms with Crippen LogP contribution in [0.4, 0.5) is 0 Å². The second kappa shape index (κ2) is 8.98. The molecule has 0 spiro atoms. The van der Waals surface area contributed by atoms with E-state index in [-0.39, 0.29) is 6.42 Å². The van der Waals surface area contributed by atoms with Gasteiger partial charge in [0.2, 0.25) is 0 Å². The van der Waals surface area contributed by atoms with Crippen molar-refractivity contribution in [3.63, 3.8) is 0 Å². The molecule has 31 heavy (non-hydrogen) atoms. The Labute approximate surface area is 180 Å². The van der Waals surface area contributed by atoms with Gasteiger partial charge in [0.25, 0.3) is 5.91 Å². The summed E-state index contributed by atoms with van der Waals surface area (Å²) in [7, 11) is 1.29. The Morgan fingerprint density at radius 2 is 1.42 bits per heavy atom. The van der Waals surface area contributed by atoms with Crippen molar-refractivity contribution in [1.82, 2.24) is 5.32 Å². The van der Waals surface area contributed by atoms with Crippen LogP contribution in [0.1, 0.15) is 17.2 Å². The van der Waals surface area contributed by atoms with Gasteiger partial charge in [-0.3, -0.25) is 4.79 Å². The molecule has 2 atom stereocenters. The van der Waals surface area contributed by atoms with E-state index in [1.54, 1.807) is 30.3 Å². The third-order valence-corrected chi connectivity index (χ3v) is 5.46. The molecule has 156 valence electrons. The van der Waals surface area contributed by atoms with Crippen LogP contribution in [0, 0.1) is 0 Å². The second-order valence-electron chi connectivity index (χ2n) is 7.40. The van der Waals surface area contributed by atoms with E-state index in [9.17, 15) is 14.7 Å². The minimum Gasteiger partial charge on any atom is -0.467 e. The van der Waals surface area contributed by atoms with Gasteiger partial charge < -0.3 is 15.2 Å². The zero-order chi connectivity index (χ0) is 21.8. The second-order valence-corrected chi connectivity index (χ2v) is 7.40. The number of hydrogen-bond donors (Lipinski definition) is 2. The number of nitrogens with one attached hydrogen (secondary N) is 1. The highest BCUT2D eigenvalue weighted by molar-refractivity contribution is 6.02. The van der Waals surface area contributed by atoms with Gasteiger partial charge >= 0.3 is 5.97 Å². The van der Waals surface area contributed by atoms with Gasteiger partial charge in [-0.2, -0.15) is 0 Å². The first-order chi connectivity index (χ1) is 15.1. The van der Waals surface area contributed by atoms with Gasteiger partial charge in [-0.05, 0) is 38.7 Å². The van der Waals surface area contributed by atoms with E-state index < -0.39 is 24.0 Å². The first-order valence-corrected chi connectivity index (χ1v) is 10.1. The Morgan fingerprint density at radius 1 is 0.871 bits per heavy atom. The molecular formula is C26H23NO4. The molecule has 0 heterocycles. The number of benzene rings is 4. The summed E-state index contributed by atoms with van der Waals surface area (Å²) in [6.45, 7) is 0. The summed E-state index contributed by atoms with van der Waals surface area (Å²) in [5, 5.41) is 17.2. The Hall–Kier alpha value is -3.70. The maximum Gasteiger partial charge on any atom is 0.328 e. The zero-order valence-electron chi connectivity index (χ0n) is 17.1. The summed E-state index contributed by atoms with van der Waals surface area (Å²) in [6.07, 6.45) is -1.14. The fourth-order valence-electron chi connectivity index (χ4n) is 3.90. The maximum atomic E-state index is 12.7. The van der Waals surface area contributed by atoms with E-state index >= 15 is 0 Å².